The van der Waals surface area contributed by atoms with Gasteiger partial charge in [-0.2, -0.15) is 0 Å². The van der Waals surface area contributed by atoms with Gasteiger partial charge in [-0.1, -0.05) is 6.07 Å². The first-order valence-electron chi connectivity index (χ1n) is 5.34. The normalized spacial score (nSPS) is 10.1. The zero-order valence-corrected chi connectivity index (χ0v) is 11.2. The Balaban J connectivity index is 2.25. The van der Waals surface area contributed by atoms with Crippen LogP contribution in [0.5, 0.6) is 17.4 Å². The molecule has 1 heterocycles. The average molecular weight is 311 g/mol. The summed E-state index contributed by atoms with van der Waals surface area (Å²) < 4.78 is 11.1. The molecule has 1 N–H and O–H groups in total. The number of nitrogens with one attached hydrogen (secondary N) is 1. The van der Waals surface area contributed by atoms with Gasteiger partial charge >= 0.3 is 0 Å². The van der Waals surface area contributed by atoms with E-state index in [4.69, 9.17) is 9.47 Å². The van der Waals surface area contributed by atoms with Crippen molar-refractivity contribution in [3.8, 4) is 17.4 Å². The van der Waals surface area contributed by atoms with E-state index in [2.05, 4.69) is 25.9 Å². The largest absolute Gasteiger partial charge is 0.494 e. The molecule has 0 fully saturated rings. The van der Waals surface area contributed by atoms with Crippen molar-refractivity contribution < 1.29 is 9.47 Å². The Labute approximate surface area is 112 Å². The molecule has 0 aliphatic rings. The molecule has 18 heavy (non-hydrogen) atoms. The van der Waals surface area contributed by atoms with Crippen molar-refractivity contribution in [1.82, 2.24) is 9.97 Å². The van der Waals surface area contributed by atoms with E-state index in [1.807, 2.05) is 13.0 Å². The van der Waals surface area contributed by atoms with Crippen molar-refractivity contribution in [2.45, 2.75) is 6.92 Å². The fraction of sp³-hybridized carbons (Fsp3) is 0.167. The van der Waals surface area contributed by atoms with Crippen molar-refractivity contribution in [3.63, 3.8) is 0 Å². The Morgan fingerprint density at radius 3 is 2.94 bits per heavy atom. The highest BCUT2D eigenvalue weighted by atomic mass is 79.9. The van der Waals surface area contributed by atoms with Crippen LogP contribution in [0.2, 0.25) is 0 Å². The number of rotatable bonds is 4. The lowest BCUT2D eigenvalue weighted by molar-refractivity contribution is 0.338. The summed E-state index contributed by atoms with van der Waals surface area (Å²) in [7, 11) is 0. The Bertz CT molecular complexity index is 598. The van der Waals surface area contributed by atoms with Gasteiger partial charge in [0.2, 0.25) is 5.88 Å². The van der Waals surface area contributed by atoms with Crippen molar-refractivity contribution >= 4 is 15.9 Å². The molecule has 0 saturated heterocycles. The minimum Gasteiger partial charge on any atom is -0.494 e. The van der Waals surface area contributed by atoms with Crippen LogP contribution in [0.4, 0.5) is 0 Å². The molecule has 0 bridgehead atoms. The van der Waals surface area contributed by atoms with E-state index >= 15 is 0 Å². The number of halogens is 1. The van der Waals surface area contributed by atoms with Gasteiger partial charge in [-0.25, -0.2) is 4.98 Å². The number of hydrogen-bond acceptors (Lipinski definition) is 4. The molecule has 0 atom stereocenters. The predicted molar refractivity (Wildman–Crippen MR) is 70.2 cm³/mol. The van der Waals surface area contributed by atoms with Crippen LogP contribution in [0.3, 0.4) is 0 Å². The first-order valence-corrected chi connectivity index (χ1v) is 6.14. The zero-order valence-electron chi connectivity index (χ0n) is 9.64. The molecular formula is C12H11BrN2O3. The maximum Gasteiger partial charge on any atom is 0.268 e. The quantitative estimate of drug-likeness (QED) is 0.943. The summed E-state index contributed by atoms with van der Waals surface area (Å²) in [5.74, 6) is 1.48. The highest BCUT2D eigenvalue weighted by molar-refractivity contribution is 9.10. The smallest absolute Gasteiger partial charge is 0.268 e. The van der Waals surface area contributed by atoms with Crippen LogP contribution >= 0.6 is 15.9 Å². The molecule has 5 nitrogen and oxygen atoms in total. The average Bonchev–Trinajstić information content (AvgIpc) is 2.36. The van der Waals surface area contributed by atoms with Gasteiger partial charge in [-0.05, 0) is 35.0 Å². The number of aromatic amines is 1. The van der Waals surface area contributed by atoms with Crippen molar-refractivity contribution in [1.29, 1.82) is 0 Å². The first-order chi connectivity index (χ1) is 8.70. The Kier molecular flexibility index (Phi) is 3.99. The van der Waals surface area contributed by atoms with Crippen LogP contribution in [-0.2, 0) is 0 Å². The lowest BCUT2D eigenvalue weighted by Crippen LogP contribution is -2.08. The van der Waals surface area contributed by atoms with E-state index in [1.165, 1.54) is 6.33 Å². The van der Waals surface area contributed by atoms with Crippen molar-refractivity contribution in [2.75, 3.05) is 6.61 Å². The lowest BCUT2D eigenvalue weighted by atomic mass is 10.3. The molecule has 0 aliphatic heterocycles. The SMILES string of the molecule is CCOc1cccc(Oc2nc[nH]c(=O)c2Br)c1. The van der Waals surface area contributed by atoms with E-state index in [0.717, 1.165) is 0 Å². The van der Waals surface area contributed by atoms with E-state index in [-0.39, 0.29) is 15.9 Å². The number of nitrogens with zero attached hydrogens (tertiary/aromatic N) is 1. The lowest BCUT2D eigenvalue weighted by Gasteiger charge is -2.07. The molecule has 0 unspecified atom stereocenters. The summed E-state index contributed by atoms with van der Waals surface area (Å²) >= 11 is 3.12. The van der Waals surface area contributed by atoms with Crippen LogP contribution in [0, 0.1) is 0 Å². The summed E-state index contributed by atoms with van der Waals surface area (Å²) in [6.07, 6.45) is 1.29. The molecular weight excluding hydrogens is 300 g/mol. The van der Waals surface area contributed by atoms with Gasteiger partial charge in [0, 0.05) is 6.07 Å². The van der Waals surface area contributed by atoms with Gasteiger partial charge in [-0.3, -0.25) is 4.79 Å². The standard InChI is InChI=1S/C12H11BrN2O3/c1-2-17-8-4-3-5-9(6-8)18-12-10(13)11(16)14-7-15-12/h3-7H,2H2,1H3,(H,14,15,16). The van der Waals surface area contributed by atoms with E-state index < -0.39 is 0 Å². The van der Waals surface area contributed by atoms with Gasteiger partial charge in [0.05, 0.1) is 12.9 Å². The van der Waals surface area contributed by atoms with Gasteiger partial charge in [-0.15, -0.1) is 0 Å². The number of benzene rings is 1. The number of H-pyrrole nitrogens is 1. The molecule has 0 spiro atoms. The fourth-order valence-corrected chi connectivity index (χ4v) is 1.64. The summed E-state index contributed by atoms with van der Waals surface area (Å²) in [6, 6.07) is 7.13. The van der Waals surface area contributed by atoms with E-state index in [9.17, 15) is 4.79 Å². The van der Waals surface area contributed by atoms with Crippen LogP contribution in [-0.4, -0.2) is 16.6 Å². The monoisotopic (exact) mass is 310 g/mol. The molecule has 2 aromatic rings. The Morgan fingerprint density at radius 2 is 2.17 bits per heavy atom. The summed E-state index contributed by atoms with van der Waals surface area (Å²) in [4.78, 5) is 17.7. The van der Waals surface area contributed by atoms with Gasteiger partial charge in [0.1, 0.15) is 16.0 Å². The third kappa shape index (κ3) is 2.89. The first kappa shape index (κ1) is 12.6. The maximum atomic E-state index is 11.4. The second-order valence-corrected chi connectivity index (χ2v) is 4.15. The van der Waals surface area contributed by atoms with Crippen molar-refractivity contribution in [3.05, 3.63) is 45.4 Å². The van der Waals surface area contributed by atoms with Crippen LogP contribution < -0.4 is 15.0 Å². The molecule has 1 aromatic carbocycles. The summed E-state index contributed by atoms with van der Waals surface area (Å²) in [5, 5.41) is 0. The predicted octanol–water partition coefficient (Wildman–Crippen LogP) is 2.72. The van der Waals surface area contributed by atoms with Crippen LogP contribution in [0.15, 0.2) is 39.9 Å². The summed E-state index contributed by atoms with van der Waals surface area (Å²) in [5.41, 5.74) is -0.291. The van der Waals surface area contributed by atoms with E-state index in [0.29, 0.717) is 18.1 Å². The summed E-state index contributed by atoms with van der Waals surface area (Å²) in [6.45, 7) is 2.48. The van der Waals surface area contributed by atoms with Gasteiger partial charge in [0.25, 0.3) is 5.56 Å². The number of hydrogen-bond donors (Lipinski definition) is 1. The highest BCUT2D eigenvalue weighted by Gasteiger charge is 2.08. The highest BCUT2D eigenvalue weighted by Crippen LogP contribution is 2.26. The van der Waals surface area contributed by atoms with Crippen LogP contribution in [0.25, 0.3) is 0 Å². The molecule has 0 radical (unpaired) electrons. The number of ether oxygens (including phenoxy) is 2. The zero-order chi connectivity index (χ0) is 13.0. The minimum atomic E-state index is -0.291. The second-order valence-electron chi connectivity index (χ2n) is 3.36. The van der Waals surface area contributed by atoms with Gasteiger partial charge in [0.15, 0.2) is 0 Å². The molecule has 0 aliphatic carbocycles. The maximum absolute atomic E-state index is 11.4. The minimum absolute atomic E-state index is 0.215. The molecule has 2 rings (SSSR count). The molecule has 6 heteroatoms. The molecule has 94 valence electrons. The number of aromatic nitrogens is 2. The van der Waals surface area contributed by atoms with Gasteiger partial charge < -0.3 is 14.5 Å². The van der Waals surface area contributed by atoms with Crippen LogP contribution in [0.1, 0.15) is 6.92 Å². The molecule has 1 aromatic heterocycles. The topological polar surface area (TPSA) is 64.2 Å². The second kappa shape index (κ2) is 5.68. The fourth-order valence-electron chi connectivity index (χ4n) is 1.34. The Hall–Kier alpha value is -1.82. The van der Waals surface area contributed by atoms with Crippen molar-refractivity contribution in [2.24, 2.45) is 0 Å². The van der Waals surface area contributed by atoms with E-state index in [1.54, 1.807) is 18.2 Å². The molecule has 0 saturated carbocycles. The molecule has 0 amide bonds. The third-order valence-electron chi connectivity index (χ3n) is 2.10. The Morgan fingerprint density at radius 1 is 1.39 bits per heavy atom. The third-order valence-corrected chi connectivity index (χ3v) is 2.79.